The lowest BCUT2D eigenvalue weighted by Crippen LogP contribution is -2.12. The molecule has 61 valence electrons. The van der Waals surface area contributed by atoms with Crippen LogP contribution in [0.15, 0.2) is 0 Å². The quantitative estimate of drug-likeness (QED) is 0.526. The van der Waals surface area contributed by atoms with E-state index >= 15 is 0 Å². The minimum Gasteiger partial charge on any atom is -0.376 e. The Morgan fingerprint density at radius 1 is 1.40 bits per heavy atom. The molecule has 0 aliphatic carbocycles. The van der Waals surface area contributed by atoms with Gasteiger partial charge in [0.15, 0.2) is 0 Å². The second kappa shape index (κ2) is 7.03. The number of unbranched alkanes of at least 4 members (excludes halogenated alkanes) is 2. The predicted molar refractivity (Wildman–Crippen MR) is 40.5 cm³/mol. The molecule has 1 radical (unpaired) electrons. The monoisotopic (exact) mass is 145 g/mol. The van der Waals surface area contributed by atoms with Crippen molar-refractivity contribution < 1.29 is 9.84 Å². The first-order valence-electron chi connectivity index (χ1n) is 4.01. The van der Waals surface area contributed by atoms with Crippen molar-refractivity contribution in [2.75, 3.05) is 13.2 Å². The third kappa shape index (κ3) is 6.05. The maximum Gasteiger partial charge on any atom is 0.108 e. The van der Waals surface area contributed by atoms with E-state index in [1.165, 1.54) is 12.8 Å². The van der Waals surface area contributed by atoms with Crippen LogP contribution in [0.5, 0.6) is 0 Å². The van der Waals surface area contributed by atoms with E-state index in [1.54, 1.807) is 0 Å². The highest BCUT2D eigenvalue weighted by atomic mass is 16.5. The van der Waals surface area contributed by atoms with E-state index in [0.29, 0.717) is 0 Å². The van der Waals surface area contributed by atoms with Gasteiger partial charge in [-0.3, -0.25) is 0 Å². The number of hydrogen-bond donors (Lipinski definition) is 0. The lowest BCUT2D eigenvalue weighted by molar-refractivity contribution is 0.000895. The van der Waals surface area contributed by atoms with Crippen LogP contribution in [0, 0.1) is 0 Å². The molecule has 0 rings (SSSR count). The minimum atomic E-state index is -0.119. The second-order valence-corrected chi connectivity index (χ2v) is 2.56. The number of ether oxygens (including phenoxy) is 1. The van der Waals surface area contributed by atoms with E-state index in [2.05, 4.69) is 6.92 Å². The summed E-state index contributed by atoms with van der Waals surface area (Å²) < 4.78 is 5.18. The normalized spacial score (nSPS) is 13.5. The molecule has 1 unspecified atom stereocenters. The van der Waals surface area contributed by atoms with E-state index < -0.39 is 0 Å². The van der Waals surface area contributed by atoms with Crippen LogP contribution >= 0.6 is 0 Å². The third-order valence-electron chi connectivity index (χ3n) is 1.38. The Bertz CT molecular complexity index is 64.3. The van der Waals surface area contributed by atoms with Crippen LogP contribution in [0.1, 0.15) is 33.1 Å². The zero-order valence-electron chi connectivity index (χ0n) is 6.93. The van der Waals surface area contributed by atoms with Crippen LogP contribution in [0.25, 0.3) is 0 Å². The van der Waals surface area contributed by atoms with Gasteiger partial charge in [-0.05, 0) is 13.3 Å². The highest BCUT2D eigenvalue weighted by Crippen LogP contribution is 1.96. The minimum absolute atomic E-state index is 0.100. The Labute approximate surface area is 63.2 Å². The summed E-state index contributed by atoms with van der Waals surface area (Å²) in [7, 11) is 0. The fourth-order valence-electron chi connectivity index (χ4n) is 0.685. The van der Waals surface area contributed by atoms with Gasteiger partial charge >= 0.3 is 0 Å². The van der Waals surface area contributed by atoms with Crippen molar-refractivity contribution in [3.05, 3.63) is 0 Å². The lowest BCUT2D eigenvalue weighted by Gasteiger charge is -2.07. The van der Waals surface area contributed by atoms with Crippen LogP contribution in [-0.2, 0) is 9.84 Å². The standard InChI is InChI=1S/C8H17O2/c1-3-4-5-6-10-8(2)7-9/h8H,3-7H2,1-2H3. The Hall–Kier alpha value is -0.0800. The summed E-state index contributed by atoms with van der Waals surface area (Å²) in [5.74, 6) is 0. The summed E-state index contributed by atoms with van der Waals surface area (Å²) >= 11 is 0. The molecule has 0 aliphatic rings. The van der Waals surface area contributed by atoms with Crippen LogP contribution < -0.4 is 0 Å². The van der Waals surface area contributed by atoms with Gasteiger partial charge in [0.2, 0.25) is 0 Å². The van der Waals surface area contributed by atoms with Crippen molar-refractivity contribution >= 4 is 0 Å². The molecule has 0 aliphatic heterocycles. The fourth-order valence-corrected chi connectivity index (χ4v) is 0.685. The molecule has 0 heterocycles. The average molecular weight is 145 g/mol. The van der Waals surface area contributed by atoms with Crippen molar-refractivity contribution in [3.8, 4) is 0 Å². The van der Waals surface area contributed by atoms with Gasteiger partial charge in [-0.15, -0.1) is 0 Å². The molecular weight excluding hydrogens is 128 g/mol. The summed E-state index contributed by atoms with van der Waals surface area (Å²) in [6.45, 7) is 4.60. The average Bonchev–Trinajstić information content (AvgIpc) is 1.98. The Morgan fingerprint density at radius 2 is 2.10 bits per heavy atom. The third-order valence-corrected chi connectivity index (χ3v) is 1.38. The summed E-state index contributed by atoms with van der Waals surface area (Å²) in [4.78, 5) is 0. The molecule has 0 amide bonds. The number of rotatable bonds is 6. The van der Waals surface area contributed by atoms with E-state index in [-0.39, 0.29) is 12.7 Å². The van der Waals surface area contributed by atoms with Crippen molar-refractivity contribution in [2.45, 2.75) is 39.2 Å². The Balaban J connectivity index is 2.89. The summed E-state index contributed by atoms with van der Waals surface area (Å²) in [6, 6.07) is 0. The van der Waals surface area contributed by atoms with E-state index in [4.69, 9.17) is 4.74 Å². The van der Waals surface area contributed by atoms with Crippen molar-refractivity contribution in [3.63, 3.8) is 0 Å². The van der Waals surface area contributed by atoms with Crippen LogP contribution in [0.4, 0.5) is 0 Å². The SMILES string of the molecule is CCCCCOC(C)C[O]. The van der Waals surface area contributed by atoms with Crippen LogP contribution in [0.3, 0.4) is 0 Å². The molecule has 0 saturated carbocycles. The molecule has 0 aromatic heterocycles. The molecule has 2 nitrogen and oxygen atoms in total. The first-order valence-corrected chi connectivity index (χ1v) is 4.01. The van der Waals surface area contributed by atoms with Gasteiger partial charge in [-0.2, -0.15) is 0 Å². The fraction of sp³-hybridized carbons (Fsp3) is 1.00. The van der Waals surface area contributed by atoms with Crippen LogP contribution in [0.2, 0.25) is 0 Å². The zero-order valence-corrected chi connectivity index (χ0v) is 6.93. The molecule has 0 aromatic rings. The van der Waals surface area contributed by atoms with Gasteiger partial charge in [-0.1, -0.05) is 19.8 Å². The van der Waals surface area contributed by atoms with Crippen LogP contribution in [-0.4, -0.2) is 19.3 Å². The molecule has 0 fully saturated rings. The molecular formula is C8H17O2. The Kier molecular flexibility index (Phi) is 6.98. The highest BCUT2D eigenvalue weighted by Gasteiger charge is 1.98. The van der Waals surface area contributed by atoms with Gasteiger partial charge in [0, 0.05) is 6.61 Å². The maximum atomic E-state index is 10.2. The molecule has 10 heavy (non-hydrogen) atoms. The first-order chi connectivity index (χ1) is 4.81. The summed E-state index contributed by atoms with van der Waals surface area (Å²) in [5.41, 5.74) is 0. The smallest absolute Gasteiger partial charge is 0.108 e. The lowest BCUT2D eigenvalue weighted by atomic mass is 10.3. The largest absolute Gasteiger partial charge is 0.376 e. The molecule has 2 heteroatoms. The second-order valence-electron chi connectivity index (χ2n) is 2.56. The van der Waals surface area contributed by atoms with Gasteiger partial charge in [0.1, 0.15) is 6.61 Å². The van der Waals surface area contributed by atoms with Crippen molar-refractivity contribution in [1.29, 1.82) is 0 Å². The molecule has 0 spiro atoms. The molecule has 0 aromatic carbocycles. The van der Waals surface area contributed by atoms with Gasteiger partial charge in [0.05, 0.1) is 6.10 Å². The predicted octanol–water partition coefficient (Wildman–Crippen LogP) is 2.01. The van der Waals surface area contributed by atoms with Gasteiger partial charge in [0.25, 0.3) is 0 Å². The van der Waals surface area contributed by atoms with E-state index in [0.717, 1.165) is 13.0 Å². The highest BCUT2D eigenvalue weighted by molar-refractivity contribution is 4.44. The van der Waals surface area contributed by atoms with Crippen molar-refractivity contribution in [1.82, 2.24) is 0 Å². The molecule has 0 saturated heterocycles. The zero-order chi connectivity index (χ0) is 7.82. The molecule has 1 atom stereocenters. The van der Waals surface area contributed by atoms with E-state index in [9.17, 15) is 5.11 Å². The molecule has 0 N–H and O–H groups in total. The summed E-state index contributed by atoms with van der Waals surface area (Å²) in [5, 5.41) is 10.2. The van der Waals surface area contributed by atoms with Crippen molar-refractivity contribution in [2.24, 2.45) is 0 Å². The summed E-state index contributed by atoms with van der Waals surface area (Å²) in [6.07, 6.45) is 3.39. The van der Waals surface area contributed by atoms with E-state index in [1.807, 2.05) is 6.92 Å². The topological polar surface area (TPSA) is 29.1 Å². The molecule has 0 bridgehead atoms. The van der Waals surface area contributed by atoms with Gasteiger partial charge in [-0.25, -0.2) is 5.11 Å². The maximum absolute atomic E-state index is 10.2. The Morgan fingerprint density at radius 3 is 2.60 bits per heavy atom. The van der Waals surface area contributed by atoms with Gasteiger partial charge < -0.3 is 4.74 Å². The first kappa shape index (κ1) is 9.92. The number of hydrogen-bond acceptors (Lipinski definition) is 1.